The van der Waals surface area contributed by atoms with Gasteiger partial charge in [0.05, 0.1) is 10.6 Å². The third-order valence-electron chi connectivity index (χ3n) is 3.29. The highest BCUT2D eigenvalue weighted by molar-refractivity contribution is 7.91. The lowest BCUT2D eigenvalue weighted by molar-refractivity contribution is 0.554. The van der Waals surface area contributed by atoms with Crippen molar-refractivity contribution in [3.63, 3.8) is 0 Å². The van der Waals surface area contributed by atoms with E-state index in [4.69, 9.17) is 0 Å². The van der Waals surface area contributed by atoms with Crippen LogP contribution in [0.4, 0.5) is 0 Å². The molecule has 20 heavy (non-hydrogen) atoms. The van der Waals surface area contributed by atoms with Gasteiger partial charge in [-0.3, -0.25) is 0 Å². The first-order valence-electron chi connectivity index (χ1n) is 7.23. The van der Waals surface area contributed by atoms with Crippen LogP contribution in [0.2, 0.25) is 0 Å². The molecule has 1 N–H and O–H groups in total. The van der Waals surface area contributed by atoms with Crippen molar-refractivity contribution in [1.29, 1.82) is 0 Å². The van der Waals surface area contributed by atoms with Crippen LogP contribution in [0.5, 0.6) is 0 Å². The summed E-state index contributed by atoms with van der Waals surface area (Å²) < 4.78 is 24.7. The van der Waals surface area contributed by atoms with Gasteiger partial charge in [-0.2, -0.15) is 0 Å². The first-order valence-corrected chi connectivity index (χ1v) is 8.88. The lowest BCUT2D eigenvalue weighted by atomic mass is 9.87. The highest BCUT2D eigenvalue weighted by atomic mass is 32.2. The van der Waals surface area contributed by atoms with Crippen molar-refractivity contribution in [2.75, 3.05) is 12.3 Å². The number of sulfone groups is 1. The normalized spacial score (nSPS) is 14.2. The highest BCUT2D eigenvalue weighted by Crippen LogP contribution is 2.23. The van der Waals surface area contributed by atoms with Gasteiger partial charge in [0.15, 0.2) is 9.84 Å². The number of benzene rings is 1. The zero-order chi connectivity index (χ0) is 15.4. The molecule has 1 unspecified atom stereocenters. The van der Waals surface area contributed by atoms with Crippen molar-refractivity contribution >= 4 is 9.84 Å². The van der Waals surface area contributed by atoms with E-state index < -0.39 is 9.84 Å². The van der Waals surface area contributed by atoms with E-state index in [1.807, 2.05) is 19.1 Å². The molecule has 0 aliphatic heterocycles. The fourth-order valence-corrected chi connectivity index (χ4v) is 3.56. The number of hydrogen-bond donors (Lipinski definition) is 1. The molecule has 0 aliphatic rings. The Morgan fingerprint density at radius 1 is 1.15 bits per heavy atom. The molecule has 0 spiro atoms. The van der Waals surface area contributed by atoms with Crippen molar-refractivity contribution in [2.24, 2.45) is 0 Å². The second-order valence-electron chi connectivity index (χ2n) is 6.41. The van der Waals surface area contributed by atoms with E-state index in [-0.39, 0.29) is 17.2 Å². The molecule has 0 aliphatic carbocycles. The van der Waals surface area contributed by atoms with Gasteiger partial charge in [-0.1, -0.05) is 39.8 Å². The summed E-state index contributed by atoms with van der Waals surface area (Å²) in [5.41, 5.74) is 1.19. The van der Waals surface area contributed by atoms with Crippen LogP contribution in [-0.2, 0) is 15.3 Å². The molecule has 0 fully saturated rings. The maximum absolute atomic E-state index is 12.3. The van der Waals surface area contributed by atoms with Gasteiger partial charge in [-0.15, -0.1) is 0 Å². The Kier molecular flexibility index (Phi) is 5.78. The summed E-state index contributed by atoms with van der Waals surface area (Å²) in [6.45, 7) is 11.2. The minimum absolute atomic E-state index is 0.0257. The first-order chi connectivity index (χ1) is 9.16. The molecule has 0 saturated carbocycles. The van der Waals surface area contributed by atoms with Crippen molar-refractivity contribution < 1.29 is 8.42 Å². The molecule has 0 amide bonds. The zero-order valence-corrected chi connectivity index (χ0v) is 14.0. The van der Waals surface area contributed by atoms with Gasteiger partial charge < -0.3 is 5.32 Å². The quantitative estimate of drug-likeness (QED) is 0.877. The SMILES string of the molecule is CCCNC(C)CS(=O)(=O)c1ccc(C(C)(C)C)cc1. The predicted molar refractivity (Wildman–Crippen MR) is 85.0 cm³/mol. The Morgan fingerprint density at radius 3 is 2.15 bits per heavy atom. The van der Waals surface area contributed by atoms with Gasteiger partial charge in [0, 0.05) is 6.04 Å². The van der Waals surface area contributed by atoms with Crippen LogP contribution in [0.25, 0.3) is 0 Å². The molecule has 0 radical (unpaired) electrons. The van der Waals surface area contributed by atoms with Crippen LogP contribution in [-0.4, -0.2) is 26.8 Å². The molecule has 1 aromatic carbocycles. The first kappa shape index (κ1) is 17.2. The van der Waals surface area contributed by atoms with E-state index in [0.29, 0.717) is 4.90 Å². The van der Waals surface area contributed by atoms with Gasteiger partial charge in [-0.25, -0.2) is 8.42 Å². The third kappa shape index (κ3) is 4.91. The maximum Gasteiger partial charge on any atom is 0.179 e. The van der Waals surface area contributed by atoms with Gasteiger partial charge in [0.1, 0.15) is 0 Å². The summed E-state index contributed by atoms with van der Waals surface area (Å²) in [7, 11) is -3.21. The summed E-state index contributed by atoms with van der Waals surface area (Å²) in [6.07, 6.45) is 1.00. The Labute approximate surface area is 123 Å². The number of nitrogens with one attached hydrogen (secondary N) is 1. The van der Waals surface area contributed by atoms with Crippen LogP contribution in [0.1, 0.15) is 46.6 Å². The Hall–Kier alpha value is -0.870. The lowest BCUT2D eigenvalue weighted by Crippen LogP contribution is -2.33. The van der Waals surface area contributed by atoms with Crippen LogP contribution >= 0.6 is 0 Å². The molecule has 1 atom stereocenters. The summed E-state index contributed by atoms with van der Waals surface area (Å²) in [5, 5.41) is 3.21. The summed E-state index contributed by atoms with van der Waals surface area (Å²) in [6, 6.07) is 7.25. The largest absolute Gasteiger partial charge is 0.313 e. The van der Waals surface area contributed by atoms with Crippen LogP contribution in [0, 0.1) is 0 Å². The van der Waals surface area contributed by atoms with Crippen molar-refractivity contribution in [3.05, 3.63) is 29.8 Å². The van der Waals surface area contributed by atoms with E-state index in [2.05, 4.69) is 33.0 Å². The third-order valence-corrected chi connectivity index (χ3v) is 5.22. The van der Waals surface area contributed by atoms with Gasteiger partial charge in [0.25, 0.3) is 0 Å². The summed E-state index contributed by atoms with van der Waals surface area (Å²) in [5.74, 6) is 0.141. The van der Waals surface area contributed by atoms with E-state index in [1.165, 1.54) is 0 Å². The summed E-state index contributed by atoms with van der Waals surface area (Å²) >= 11 is 0. The van der Waals surface area contributed by atoms with E-state index in [0.717, 1.165) is 18.5 Å². The van der Waals surface area contributed by atoms with Gasteiger partial charge in [-0.05, 0) is 43.0 Å². The van der Waals surface area contributed by atoms with E-state index in [9.17, 15) is 8.42 Å². The summed E-state index contributed by atoms with van der Waals surface area (Å²) in [4.78, 5) is 0.413. The van der Waals surface area contributed by atoms with Gasteiger partial charge >= 0.3 is 0 Å². The highest BCUT2D eigenvalue weighted by Gasteiger charge is 2.19. The molecule has 4 heteroatoms. The van der Waals surface area contributed by atoms with Crippen LogP contribution < -0.4 is 5.32 Å². The van der Waals surface area contributed by atoms with E-state index in [1.54, 1.807) is 12.1 Å². The molecule has 0 saturated heterocycles. The molecule has 0 aromatic heterocycles. The lowest BCUT2D eigenvalue weighted by Gasteiger charge is -2.19. The molecule has 114 valence electrons. The van der Waals surface area contributed by atoms with Crippen molar-refractivity contribution in [3.8, 4) is 0 Å². The standard InChI is InChI=1S/C16H27NO2S/c1-6-11-17-13(2)12-20(18,19)15-9-7-14(8-10-15)16(3,4)5/h7-10,13,17H,6,11-12H2,1-5H3. The minimum atomic E-state index is -3.21. The average molecular weight is 297 g/mol. The predicted octanol–water partition coefficient (Wildman–Crippen LogP) is 3.15. The zero-order valence-electron chi connectivity index (χ0n) is 13.2. The fourth-order valence-electron chi connectivity index (χ4n) is 2.04. The number of hydrogen-bond acceptors (Lipinski definition) is 3. The van der Waals surface area contributed by atoms with Crippen LogP contribution in [0.15, 0.2) is 29.2 Å². The fraction of sp³-hybridized carbons (Fsp3) is 0.625. The van der Waals surface area contributed by atoms with Crippen LogP contribution in [0.3, 0.4) is 0 Å². The molecule has 3 nitrogen and oxygen atoms in total. The van der Waals surface area contributed by atoms with Crippen molar-refractivity contribution in [2.45, 2.75) is 57.4 Å². The topological polar surface area (TPSA) is 46.2 Å². The average Bonchev–Trinajstić information content (AvgIpc) is 2.35. The molecule has 0 bridgehead atoms. The monoisotopic (exact) mass is 297 g/mol. The second-order valence-corrected chi connectivity index (χ2v) is 8.45. The smallest absolute Gasteiger partial charge is 0.179 e. The second kappa shape index (κ2) is 6.72. The molecule has 0 heterocycles. The maximum atomic E-state index is 12.3. The Balaban J connectivity index is 2.83. The molecule has 1 rings (SSSR count). The Morgan fingerprint density at radius 2 is 1.70 bits per heavy atom. The van der Waals surface area contributed by atoms with Gasteiger partial charge in [0.2, 0.25) is 0 Å². The Bertz CT molecular complexity index is 512. The van der Waals surface area contributed by atoms with E-state index >= 15 is 0 Å². The molecular weight excluding hydrogens is 270 g/mol. The van der Waals surface area contributed by atoms with Crippen molar-refractivity contribution in [1.82, 2.24) is 5.32 Å². The molecular formula is C16H27NO2S. The number of rotatable bonds is 6. The minimum Gasteiger partial charge on any atom is -0.313 e. The molecule has 1 aromatic rings.